The normalized spacial score (nSPS) is 19.6. The van der Waals surface area contributed by atoms with Gasteiger partial charge in [-0.25, -0.2) is 17.5 Å². The van der Waals surface area contributed by atoms with Gasteiger partial charge in [-0.1, -0.05) is 5.57 Å². The van der Waals surface area contributed by atoms with E-state index in [1.54, 1.807) is 29.1 Å². The van der Waals surface area contributed by atoms with Crippen molar-refractivity contribution in [2.75, 3.05) is 13.1 Å². The fraction of sp³-hybridized carbons (Fsp3) is 0.214. The number of carbonyl (C=O) groups is 1. The van der Waals surface area contributed by atoms with Crippen molar-refractivity contribution in [1.29, 1.82) is 0 Å². The SMILES string of the molecule is O=C(c1ccco1)[C@]12Cc3cnn(-c4ccc(F)cc4)c3C=C1CCN(S(=O)(=O)c1ccc(C(F)(F)F)cc1)C2. The highest BCUT2D eigenvalue weighted by atomic mass is 32.2. The Morgan fingerprint density at radius 2 is 1.75 bits per heavy atom. The van der Waals surface area contributed by atoms with Crippen molar-refractivity contribution in [1.82, 2.24) is 14.1 Å². The van der Waals surface area contributed by atoms with Crippen LogP contribution in [0.25, 0.3) is 11.8 Å². The summed E-state index contributed by atoms with van der Waals surface area (Å²) in [7, 11) is -4.23. The molecule has 7 nitrogen and oxygen atoms in total. The quantitative estimate of drug-likeness (QED) is 0.233. The zero-order valence-corrected chi connectivity index (χ0v) is 21.5. The molecule has 1 aliphatic heterocycles. The van der Waals surface area contributed by atoms with Crippen LogP contribution in [0.2, 0.25) is 0 Å². The summed E-state index contributed by atoms with van der Waals surface area (Å²) in [6, 6.07) is 12.2. The van der Waals surface area contributed by atoms with Crippen molar-refractivity contribution in [3.05, 3.63) is 107 Å². The van der Waals surface area contributed by atoms with E-state index in [1.807, 2.05) is 6.08 Å². The lowest BCUT2D eigenvalue weighted by atomic mass is 9.65. The van der Waals surface area contributed by atoms with Gasteiger partial charge in [0.1, 0.15) is 5.82 Å². The number of rotatable bonds is 5. The first-order valence-electron chi connectivity index (χ1n) is 12.3. The van der Waals surface area contributed by atoms with E-state index in [4.69, 9.17) is 4.42 Å². The van der Waals surface area contributed by atoms with Crippen LogP contribution in [0.4, 0.5) is 17.6 Å². The molecule has 40 heavy (non-hydrogen) atoms. The summed E-state index contributed by atoms with van der Waals surface area (Å²) >= 11 is 0. The number of halogens is 4. The maximum Gasteiger partial charge on any atom is 0.416 e. The molecule has 0 N–H and O–H groups in total. The highest BCUT2D eigenvalue weighted by Gasteiger charge is 2.51. The molecule has 4 aromatic rings. The standard InChI is InChI=1S/C28H21F4N3O4S/c29-21-5-7-22(8-6-21)35-24-14-20-11-12-34(40(37,38)23-9-3-19(4-10-23)28(30,31)32)17-27(20,15-18(24)16-33-35)26(36)25-2-1-13-39-25/h1-10,13-14,16H,11-12,15,17H2/t27-/m0/s1. The van der Waals surface area contributed by atoms with Crippen LogP contribution >= 0.6 is 0 Å². The molecular weight excluding hydrogens is 550 g/mol. The number of furan rings is 1. The first kappa shape index (κ1) is 26.2. The van der Waals surface area contributed by atoms with Crippen LogP contribution in [0.5, 0.6) is 0 Å². The van der Waals surface area contributed by atoms with Gasteiger partial charge in [0.15, 0.2) is 5.76 Å². The van der Waals surface area contributed by atoms with Gasteiger partial charge in [-0.15, -0.1) is 0 Å². The molecule has 0 bridgehead atoms. The molecule has 1 saturated heterocycles. The molecule has 2 aliphatic rings. The lowest BCUT2D eigenvalue weighted by molar-refractivity contribution is -0.137. The Morgan fingerprint density at radius 1 is 1.02 bits per heavy atom. The lowest BCUT2D eigenvalue weighted by Gasteiger charge is -2.44. The number of hydrogen-bond donors (Lipinski definition) is 0. The summed E-state index contributed by atoms with van der Waals surface area (Å²) in [5.74, 6) is -0.738. The van der Waals surface area contributed by atoms with E-state index in [9.17, 15) is 30.8 Å². The highest BCUT2D eigenvalue weighted by molar-refractivity contribution is 7.89. The molecular formula is C28H21F4N3O4S. The molecule has 6 rings (SSSR count). The minimum absolute atomic E-state index is 0.0163. The van der Waals surface area contributed by atoms with Crippen LogP contribution < -0.4 is 0 Å². The van der Waals surface area contributed by atoms with E-state index >= 15 is 0 Å². The van der Waals surface area contributed by atoms with Crippen LogP contribution in [0.1, 0.15) is 33.8 Å². The Kier molecular flexibility index (Phi) is 6.07. The van der Waals surface area contributed by atoms with E-state index in [2.05, 4.69) is 5.10 Å². The van der Waals surface area contributed by atoms with Crippen molar-refractivity contribution in [3.63, 3.8) is 0 Å². The number of fused-ring (bicyclic) bond motifs is 2. The number of nitrogens with zero attached hydrogens (tertiary/aromatic N) is 3. The fourth-order valence-corrected chi connectivity index (χ4v) is 6.92. The molecule has 2 aromatic carbocycles. The minimum Gasteiger partial charge on any atom is -0.461 e. The number of sulfonamides is 1. The Labute approximate surface area is 226 Å². The third-order valence-electron chi connectivity index (χ3n) is 7.45. The summed E-state index contributed by atoms with van der Waals surface area (Å²) in [5, 5.41) is 4.44. The van der Waals surface area contributed by atoms with Crippen molar-refractivity contribution in [2.24, 2.45) is 5.41 Å². The Balaban J connectivity index is 1.40. The zero-order valence-electron chi connectivity index (χ0n) is 20.7. The maximum atomic E-state index is 14.0. The van der Waals surface area contributed by atoms with Crippen LogP contribution in [0, 0.1) is 11.2 Å². The predicted octanol–water partition coefficient (Wildman–Crippen LogP) is 5.53. The summed E-state index contributed by atoms with van der Waals surface area (Å²) in [4.78, 5) is 13.7. The fourth-order valence-electron chi connectivity index (χ4n) is 5.42. The van der Waals surface area contributed by atoms with Crippen LogP contribution in [-0.4, -0.2) is 41.4 Å². The molecule has 0 amide bonds. The summed E-state index contributed by atoms with van der Waals surface area (Å²) < 4.78 is 88.0. The number of Topliss-reactive ketones (excluding diaryl/α,β-unsaturated/α-hetero) is 1. The van der Waals surface area contributed by atoms with Crippen molar-refractivity contribution in [3.8, 4) is 5.69 Å². The van der Waals surface area contributed by atoms with Gasteiger partial charge < -0.3 is 4.42 Å². The van der Waals surface area contributed by atoms with E-state index in [-0.39, 0.29) is 36.6 Å². The van der Waals surface area contributed by atoms with E-state index in [0.29, 0.717) is 22.5 Å². The highest BCUT2D eigenvalue weighted by Crippen LogP contribution is 2.47. The molecule has 0 spiro atoms. The Morgan fingerprint density at radius 3 is 2.40 bits per heavy atom. The topological polar surface area (TPSA) is 85.4 Å². The van der Waals surface area contributed by atoms with E-state index in [1.165, 1.54) is 24.5 Å². The molecule has 12 heteroatoms. The van der Waals surface area contributed by atoms with Crippen molar-refractivity contribution >= 4 is 21.9 Å². The first-order chi connectivity index (χ1) is 19.0. The molecule has 0 radical (unpaired) electrons. The minimum atomic E-state index is -4.61. The molecule has 1 fully saturated rings. The number of alkyl halides is 3. The molecule has 1 aliphatic carbocycles. The van der Waals surface area contributed by atoms with Crippen LogP contribution in [0.3, 0.4) is 0 Å². The van der Waals surface area contributed by atoms with Gasteiger partial charge in [-0.3, -0.25) is 4.79 Å². The first-order valence-corrected chi connectivity index (χ1v) is 13.7. The second kappa shape index (κ2) is 9.27. The largest absolute Gasteiger partial charge is 0.461 e. The molecule has 3 heterocycles. The molecule has 1 atom stereocenters. The van der Waals surface area contributed by atoms with Gasteiger partial charge in [0, 0.05) is 13.1 Å². The summed E-state index contributed by atoms with van der Waals surface area (Å²) in [5.41, 5.74) is 0.400. The van der Waals surface area contributed by atoms with Gasteiger partial charge >= 0.3 is 6.18 Å². The lowest BCUT2D eigenvalue weighted by Crippen LogP contribution is -2.53. The number of benzene rings is 2. The van der Waals surface area contributed by atoms with Crippen molar-refractivity contribution < 1.29 is 35.2 Å². The monoisotopic (exact) mass is 571 g/mol. The Hall–Kier alpha value is -4.03. The van der Waals surface area contributed by atoms with Crippen LogP contribution in [-0.2, 0) is 22.6 Å². The average Bonchev–Trinajstić information content (AvgIpc) is 3.61. The second-order valence-electron chi connectivity index (χ2n) is 9.79. The maximum absolute atomic E-state index is 14.0. The molecule has 0 unspecified atom stereocenters. The molecule has 0 saturated carbocycles. The number of carbonyl (C=O) groups excluding carboxylic acids is 1. The zero-order chi connectivity index (χ0) is 28.3. The molecule has 206 valence electrons. The third-order valence-corrected chi connectivity index (χ3v) is 9.31. The average molecular weight is 572 g/mol. The van der Waals surface area contributed by atoms with Gasteiger partial charge in [-0.05, 0) is 85.1 Å². The summed E-state index contributed by atoms with van der Waals surface area (Å²) in [6.45, 7) is -0.217. The van der Waals surface area contributed by atoms with Crippen molar-refractivity contribution in [2.45, 2.75) is 23.9 Å². The van der Waals surface area contributed by atoms with E-state index < -0.39 is 38.8 Å². The third kappa shape index (κ3) is 4.27. The van der Waals surface area contributed by atoms with Gasteiger partial charge in [-0.2, -0.15) is 22.6 Å². The number of hydrogen-bond acceptors (Lipinski definition) is 5. The number of aromatic nitrogens is 2. The van der Waals surface area contributed by atoms with Gasteiger partial charge in [0.05, 0.1) is 39.7 Å². The van der Waals surface area contributed by atoms with Gasteiger partial charge in [0.2, 0.25) is 15.8 Å². The number of ketones is 1. The smallest absolute Gasteiger partial charge is 0.416 e. The number of piperidine rings is 1. The predicted molar refractivity (Wildman–Crippen MR) is 135 cm³/mol. The molecule has 2 aromatic heterocycles. The second-order valence-corrected chi connectivity index (χ2v) is 11.7. The van der Waals surface area contributed by atoms with E-state index in [0.717, 1.165) is 28.6 Å². The summed E-state index contributed by atoms with van der Waals surface area (Å²) in [6.07, 6.45) is 0.469. The van der Waals surface area contributed by atoms with Gasteiger partial charge in [0.25, 0.3) is 0 Å². The Bertz CT molecular complexity index is 1730. The van der Waals surface area contributed by atoms with Crippen LogP contribution in [0.15, 0.2) is 88.0 Å².